The van der Waals surface area contributed by atoms with Crippen molar-refractivity contribution in [2.45, 2.75) is 105 Å². The lowest BCUT2D eigenvalue weighted by Crippen LogP contribution is -2.44. The van der Waals surface area contributed by atoms with E-state index < -0.39 is 109 Å². The molecular formula is C38H54N4O16. The maximum atomic E-state index is 13.0. The molecule has 0 radical (unpaired) electrons. The normalized spacial score (nSPS) is 13.4. The third-order valence-electron chi connectivity index (χ3n) is 6.91. The molecule has 0 saturated heterocycles. The Balaban J connectivity index is 5.94. The van der Waals surface area contributed by atoms with E-state index in [1.807, 2.05) is 0 Å². The van der Waals surface area contributed by atoms with Crippen LogP contribution in [0.1, 0.15) is 68.2 Å². The zero-order valence-electron chi connectivity index (χ0n) is 34.1. The van der Waals surface area contributed by atoms with Crippen LogP contribution in [-0.4, -0.2) is 122 Å². The number of esters is 6. The molecule has 20 nitrogen and oxygen atoms in total. The first-order chi connectivity index (χ1) is 26.8. The number of nitrogens with one attached hydrogen (secondary N) is 4. The molecule has 4 atom stereocenters. The van der Waals surface area contributed by atoms with Gasteiger partial charge in [-0.3, -0.25) is 28.8 Å². The van der Waals surface area contributed by atoms with Gasteiger partial charge in [0.15, 0.2) is 0 Å². The average molecular weight is 823 g/mol. The number of hydrogen-bond donors (Lipinski definition) is 4. The summed E-state index contributed by atoms with van der Waals surface area (Å²) in [7, 11) is 0. The van der Waals surface area contributed by atoms with Gasteiger partial charge in [0.25, 0.3) is 12.2 Å². The number of rotatable bonds is 25. The van der Waals surface area contributed by atoms with Gasteiger partial charge in [0.05, 0.1) is 39.0 Å². The molecule has 0 saturated carbocycles. The van der Waals surface area contributed by atoms with Crippen LogP contribution >= 0.6 is 0 Å². The standard InChI is InChI=1S/C38H54N4O16/c1-19(2)31(45)39-15-23(9)53-35(49)29(36(50)54-24(10)16-40-32(46)20(3)4)57-27(43)13-14-28(44)58-30(37(51)55-25(11)17-41-33(47)21(5)6)38(52)56-26(12)18-42-34(48)22(7)8/h23-26,29-30H,1,3,5,7,13-18H2,2,4,6,8-12H3,(H,39,45)(H,40,46)(H,41,47)(H,42,48). The smallest absolute Gasteiger partial charge is 0.359 e. The zero-order valence-corrected chi connectivity index (χ0v) is 34.1. The van der Waals surface area contributed by atoms with Crippen LogP contribution in [0.15, 0.2) is 48.6 Å². The van der Waals surface area contributed by atoms with Gasteiger partial charge < -0.3 is 49.7 Å². The van der Waals surface area contributed by atoms with Crippen LogP contribution in [0, 0.1) is 0 Å². The summed E-state index contributed by atoms with van der Waals surface area (Å²) in [5.41, 5.74) is 0.659. The van der Waals surface area contributed by atoms with E-state index in [2.05, 4.69) is 47.6 Å². The van der Waals surface area contributed by atoms with Crippen molar-refractivity contribution in [1.29, 1.82) is 0 Å². The van der Waals surface area contributed by atoms with Crippen molar-refractivity contribution in [2.75, 3.05) is 26.2 Å². The predicted octanol–water partition coefficient (Wildman–Crippen LogP) is 0.0862. The van der Waals surface area contributed by atoms with Gasteiger partial charge in [-0.25, -0.2) is 19.2 Å². The lowest BCUT2D eigenvalue weighted by molar-refractivity contribution is -0.186. The summed E-state index contributed by atoms with van der Waals surface area (Å²) in [5, 5.41) is 9.74. The first-order valence-corrected chi connectivity index (χ1v) is 17.8. The Morgan fingerprint density at radius 1 is 0.379 bits per heavy atom. The van der Waals surface area contributed by atoms with Gasteiger partial charge in [-0.1, -0.05) is 26.3 Å². The van der Waals surface area contributed by atoms with Crippen molar-refractivity contribution in [3.8, 4) is 0 Å². The Bertz CT molecular complexity index is 1420. The van der Waals surface area contributed by atoms with Gasteiger partial charge in [-0.2, -0.15) is 0 Å². The minimum Gasteiger partial charge on any atom is -0.458 e. The summed E-state index contributed by atoms with van der Waals surface area (Å²) in [6, 6.07) is 0. The maximum absolute atomic E-state index is 13.0. The Kier molecular flexibility index (Phi) is 22.9. The molecule has 58 heavy (non-hydrogen) atoms. The molecule has 0 spiro atoms. The lowest BCUT2D eigenvalue weighted by atomic mass is 10.2. The van der Waals surface area contributed by atoms with E-state index in [4.69, 9.17) is 28.4 Å². The van der Waals surface area contributed by atoms with E-state index in [1.165, 1.54) is 55.4 Å². The van der Waals surface area contributed by atoms with Gasteiger partial charge >= 0.3 is 35.8 Å². The highest BCUT2D eigenvalue weighted by molar-refractivity contribution is 6.01. The molecule has 0 aromatic rings. The molecule has 0 fully saturated rings. The Labute approximate surface area is 336 Å². The van der Waals surface area contributed by atoms with Crippen LogP contribution in [0.4, 0.5) is 0 Å². The van der Waals surface area contributed by atoms with Crippen LogP contribution in [0.25, 0.3) is 0 Å². The maximum Gasteiger partial charge on any atom is 0.359 e. The molecule has 0 bridgehead atoms. The summed E-state index contributed by atoms with van der Waals surface area (Å²) >= 11 is 0. The highest BCUT2D eigenvalue weighted by Gasteiger charge is 2.38. The molecule has 0 aliphatic carbocycles. The molecule has 0 heterocycles. The number of amides is 4. The van der Waals surface area contributed by atoms with Crippen LogP contribution in [0.3, 0.4) is 0 Å². The monoisotopic (exact) mass is 822 g/mol. The summed E-state index contributed by atoms with van der Waals surface area (Å²) in [4.78, 5) is 125. The van der Waals surface area contributed by atoms with Gasteiger partial charge in [0.2, 0.25) is 23.6 Å². The highest BCUT2D eigenvalue weighted by atomic mass is 16.6. The molecule has 0 aromatic heterocycles. The fourth-order valence-corrected chi connectivity index (χ4v) is 3.73. The summed E-state index contributed by atoms with van der Waals surface area (Å²) in [6.07, 6.45) is -10.7. The third kappa shape index (κ3) is 21.1. The molecule has 20 heteroatoms. The first kappa shape index (κ1) is 51.7. The van der Waals surface area contributed by atoms with Crippen molar-refractivity contribution in [3.63, 3.8) is 0 Å². The largest absolute Gasteiger partial charge is 0.458 e. The van der Waals surface area contributed by atoms with E-state index in [1.54, 1.807) is 0 Å². The molecule has 4 amide bonds. The van der Waals surface area contributed by atoms with Gasteiger partial charge in [-0.05, 0) is 55.4 Å². The van der Waals surface area contributed by atoms with E-state index in [0.29, 0.717) is 0 Å². The van der Waals surface area contributed by atoms with Crippen LogP contribution < -0.4 is 21.3 Å². The number of carbonyl (C=O) groups excluding carboxylic acids is 10. The van der Waals surface area contributed by atoms with Crippen molar-refractivity contribution < 1.29 is 76.4 Å². The van der Waals surface area contributed by atoms with Crippen LogP contribution in [-0.2, 0) is 76.4 Å². The molecule has 4 unspecified atom stereocenters. The SMILES string of the molecule is C=C(C)C(=O)NCC(C)OC(=O)C(OC(=O)CCC(=O)OC(C(=O)OC(C)CNC(=O)C(=C)C)C(=O)OC(C)CNC(=O)C(=C)C)C(=O)OC(C)CNC(=O)C(=C)C. The van der Waals surface area contributed by atoms with Crippen molar-refractivity contribution in [1.82, 2.24) is 21.3 Å². The Morgan fingerprint density at radius 2 is 0.569 bits per heavy atom. The molecule has 322 valence electrons. The Hall–Kier alpha value is -6.34. The minimum absolute atomic E-state index is 0.165. The number of carbonyl (C=O) groups is 10. The second kappa shape index (κ2) is 25.7. The summed E-state index contributed by atoms with van der Waals surface area (Å²) < 4.78 is 30.7. The summed E-state index contributed by atoms with van der Waals surface area (Å²) in [5.74, 6) is -10.5. The second-order valence-corrected chi connectivity index (χ2v) is 13.2. The minimum atomic E-state index is -2.35. The predicted molar refractivity (Wildman–Crippen MR) is 203 cm³/mol. The van der Waals surface area contributed by atoms with E-state index in [0.717, 1.165) is 0 Å². The molecule has 0 rings (SSSR count). The highest BCUT2D eigenvalue weighted by Crippen LogP contribution is 2.11. The van der Waals surface area contributed by atoms with Crippen molar-refractivity contribution >= 4 is 59.4 Å². The van der Waals surface area contributed by atoms with Crippen molar-refractivity contribution in [2.24, 2.45) is 0 Å². The number of ether oxygens (including phenoxy) is 6. The van der Waals surface area contributed by atoms with Crippen LogP contribution in [0.2, 0.25) is 0 Å². The molecule has 4 N–H and O–H groups in total. The topological polar surface area (TPSA) is 274 Å². The second-order valence-electron chi connectivity index (χ2n) is 13.2. The molecular weight excluding hydrogens is 768 g/mol. The molecule has 0 aromatic carbocycles. The fourth-order valence-electron chi connectivity index (χ4n) is 3.73. The number of hydrogen-bond acceptors (Lipinski definition) is 16. The van der Waals surface area contributed by atoms with Crippen LogP contribution in [0.5, 0.6) is 0 Å². The van der Waals surface area contributed by atoms with Gasteiger partial charge in [-0.15, -0.1) is 0 Å². The quantitative estimate of drug-likeness (QED) is 0.0411. The molecule has 0 aliphatic heterocycles. The summed E-state index contributed by atoms with van der Waals surface area (Å²) in [6.45, 7) is 24.2. The van der Waals surface area contributed by atoms with Gasteiger partial charge in [0, 0.05) is 22.3 Å². The third-order valence-corrected chi connectivity index (χ3v) is 6.91. The Morgan fingerprint density at radius 3 is 0.741 bits per heavy atom. The van der Waals surface area contributed by atoms with E-state index >= 15 is 0 Å². The first-order valence-electron chi connectivity index (χ1n) is 17.8. The molecule has 0 aliphatic rings. The van der Waals surface area contributed by atoms with Gasteiger partial charge in [0.1, 0.15) is 24.4 Å². The van der Waals surface area contributed by atoms with E-state index in [-0.39, 0.29) is 48.5 Å². The zero-order chi connectivity index (χ0) is 44.9. The van der Waals surface area contributed by atoms with E-state index in [9.17, 15) is 47.9 Å². The average Bonchev–Trinajstić information content (AvgIpc) is 3.13. The lowest BCUT2D eigenvalue weighted by Gasteiger charge is -2.22. The fraction of sp³-hybridized carbons (Fsp3) is 0.526. The van der Waals surface area contributed by atoms with Crippen molar-refractivity contribution in [3.05, 3.63) is 48.6 Å².